The number of fused-ring (bicyclic) bond motifs is 1. The molecule has 0 unspecified atom stereocenters. The fourth-order valence-electron chi connectivity index (χ4n) is 1.95. The van der Waals surface area contributed by atoms with Gasteiger partial charge in [-0.3, -0.25) is 0 Å². The summed E-state index contributed by atoms with van der Waals surface area (Å²) in [5.41, 5.74) is 1.01. The highest BCUT2D eigenvalue weighted by Crippen LogP contribution is 2.32. The van der Waals surface area contributed by atoms with Gasteiger partial charge in [0.05, 0.1) is 10.9 Å². The first-order valence-electron chi connectivity index (χ1n) is 5.99. The number of carbonyl (C=O) groups is 1. The minimum atomic E-state index is -0.947. The third kappa shape index (κ3) is 2.23. The van der Waals surface area contributed by atoms with Crippen LogP contribution in [0.1, 0.15) is 15.9 Å². The van der Waals surface area contributed by atoms with E-state index in [-0.39, 0.29) is 5.56 Å². The third-order valence-corrected chi connectivity index (χ3v) is 3.85. The van der Waals surface area contributed by atoms with Crippen LogP contribution >= 0.6 is 11.3 Å². The van der Waals surface area contributed by atoms with Gasteiger partial charge in [-0.05, 0) is 48.2 Å². The number of hydrogen-bond acceptors (Lipinski definition) is 4. The number of aromatic nitrogens is 1. The zero-order valence-electron chi connectivity index (χ0n) is 10.7. The molecule has 2 heterocycles. The Labute approximate surface area is 119 Å². The SMILES string of the molecule is Cc1cc(C(=O)O)ccc1Oc1nccc2sccc12. The van der Waals surface area contributed by atoms with Crippen molar-refractivity contribution in [3.8, 4) is 11.6 Å². The van der Waals surface area contributed by atoms with Gasteiger partial charge in [0.15, 0.2) is 0 Å². The molecule has 5 heteroatoms. The Morgan fingerprint density at radius 3 is 2.90 bits per heavy atom. The molecule has 100 valence electrons. The van der Waals surface area contributed by atoms with Gasteiger partial charge in [-0.2, -0.15) is 0 Å². The number of carboxylic acid groups (broad SMARTS) is 1. The summed E-state index contributed by atoms with van der Waals surface area (Å²) in [7, 11) is 0. The summed E-state index contributed by atoms with van der Waals surface area (Å²) >= 11 is 1.62. The van der Waals surface area contributed by atoms with Crippen molar-refractivity contribution in [3.63, 3.8) is 0 Å². The lowest BCUT2D eigenvalue weighted by atomic mass is 10.1. The van der Waals surface area contributed by atoms with Gasteiger partial charge >= 0.3 is 5.97 Å². The molecule has 0 bridgehead atoms. The number of rotatable bonds is 3. The maximum atomic E-state index is 10.9. The summed E-state index contributed by atoms with van der Waals surface area (Å²) in [6.07, 6.45) is 1.70. The standard InChI is InChI=1S/C15H11NO3S/c1-9-8-10(15(17)18)2-3-12(9)19-14-11-5-7-20-13(11)4-6-16-14/h2-8H,1H3,(H,17,18). The summed E-state index contributed by atoms with van der Waals surface area (Å²) in [5, 5.41) is 11.9. The van der Waals surface area contributed by atoms with Gasteiger partial charge in [0, 0.05) is 10.9 Å². The monoisotopic (exact) mass is 285 g/mol. The van der Waals surface area contributed by atoms with Crippen LogP contribution in [0.15, 0.2) is 41.9 Å². The number of aryl methyl sites for hydroxylation is 1. The Hall–Kier alpha value is -2.40. The lowest BCUT2D eigenvalue weighted by molar-refractivity contribution is 0.0697. The van der Waals surface area contributed by atoms with Crippen molar-refractivity contribution in [3.05, 3.63) is 53.0 Å². The average Bonchev–Trinajstić information content (AvgIpc) is 2.90. The highest BCUT2D eigenvalue weighted by atomic mass is 32.1. The zero-order chi connectivity index (χ0) is 14.1. The van der Waals surface area contributed by atoms with E-state index in [0.29, 0.717) is 11.6 Å². The highest BCUT2D eigenvalue weighted by molar-refractivity contribution is 7.17. The van der Waals surface area contributed by atoms with Crippen molar-refractivity contribution in [2.45, 2.75) is 6.92 Å². The second kappa shape index (κ2) is 4.94. The number of aromatic carboxylic acids is 1. The minimum Gasteiger partial charge on any atom is -0.478 e. The topological polar surface area (TPSA) is 59.4 Å². The van der Waals surface area contributed by atoms with Crippen LogP contribution in [0.4, 0.5) is 0 Å². The molecule has 2 aromatic heterocycles. The predicted octanol–water partition coefficient (Wildman–Crippen LogP) is 4.10. The Balaban J connectivity index is 1.99. The minimum absolute atomic E-state index is 0.247. The number of ether oxygens (including phenoxy) is 1. The Morgan fingerprint density at radius 2 is 2.15 bits per heavy atom. The summed E-state index contributed by atoms with van der Waals surface area (Å²) in [5.74, 6) is 0.203. The van der Waals surface area contributed by atoms with E-state index in [1.165, 1.54) is 6.07 Å². The molecule has 1 N–H and O–H groups in total. The normalized spacial score (nSPS) is 10.7. The van der Waals surface area contributed by atoms with E-state index >= 15 is 0 Å². The Kier molecular flexibility index (Phi) is 3.12. The zero-order valence-corrected chi connectivity index (χ0v) is 11.5. The van der Waals surface area contributed by atoms with Gasteiger partial charge in [-0.1, -0.05) is 0 Å². The van der Waals surface area contributed by atoms with E-state index in [2.05, 4.69) is 4.98 Å². The summed E-state index contributed by atoms with van der Waals surface area (Å²) < 4.78 is 6.92. The number of benzene rings is 1. The van der Waals surface area contributed by atoms with Crippen LogP contribution in [0.2, 0.25) is 0 Å². The molecule has 0 fully saturated rings. The van der Waals surface area contributed by atoms with Gasteiger partial charge in [-0.15, -0.1) is 11.3 Å². The van der Waals surface area contributed by atoms with Crippen molar-refractivity contribution in [2.24, 2.45) is 0 Å². The average molecular weight is 285 g/mol. The molecule has 0 aliphatic heterocycles. The van der Waals surface area contributed by atoms with Gasteiger partial charge in [-0.25, -0.2) is 9.78 Å². The van der Waals surface area contributed by atoms with Gasteiger partial charge in [0.25, 0.3) is 0 Å². The van der Waals surface area contributed by atoms with Crippen LogP contribution in [-0.4, -0.2) is 16.1 Å². The van der Waals surface area contributed by atoms with E-state index < -0.39 is 5.97 Å². The highest BCUT2D eigenvalue weighted by Gasteiger charge is 2.10. The molecular weight excluding hydrogens is 274 g/mol. The molecule has 1 aromatic carbocycles. The number of pyridine rings is 1. The molecule has 0 aliphatic carbocycles. The first-order valence-corrected chi connectivity index (χ1v) is 6.87. The van der Waals surface area contributed by atoms with Crippen LogP contribution in [0, 0.1) is 6.92 Å². The van der Waals surface area contributed by atoms with Crippen LogP contribution in [0.3, 0.4) is 0 Å². The maximum absolute atomic E-state index is 10.9. The summed E-state index contributed by atoms with van der Waals surface area (Å²) in [6.45, 7) is 1.82. The van der Waals surface area contributed by atoms with Gasteiger partial charge in [0.1, 0.15) is 5.75 Å². The second-order valence-corrected chi connectivity index (χ2v) is 5.28. The molecule has 0 saturated heterocycles. The molecule has 0 amide bonds. The van der Waals surface area contributed by atoms with Crippen LogP contribution in [0.25, 0.3) is 10.1 Å². The first kappa shape index (κ1) is 12.6. The molecule has 0 spiro atoms. The van der Waals surface area contributed by atoms with E-state index in [4.69, 9.17) is 9.84 Å². The Bertz CT molecular complexity index is 795. The number of hydrogen-bond donors (Lipinski definition) is 1. The van der Waals surface area contributed by atoms with Crippen LogP contribution < -0.4 is 4.74 Å². The van der Waals surface area contributed by atoms with Crippen molar-refractivity contribution >= 4 is 27.4 Å². The molecule has 0 atom stereocenters. The largest absolute Gasteiger partial charge is 0.478 e. The molecule has 20 heavy (non-hydrogen) atoms. The molecular formula is C15H11NO3S. The second-order valence-electron chi connectivity index (χ2n) is 4.34. The summed E-state index contributed by atoms with van der Waals surface area (Å²) in [6, 6.07) is 8.67. The summed E-state index contributed by atoms with van der Waals surface area (Å²) in [4.78, 5) is 15.2. The van der Waals surface area contributed by atoms with Crippen LogP contribution in [0.5, 0.6) is 11.6 Å². The van der Waals surface area contributed by atoms with Crippen molar-refractivity contribution in [1.29, 1.82) is 0 Å². The molecule has 3 aromatic rings. The molecule has 3 rings (SSSR count). The van der Waals surface area contributed by atoms with E-state index in [1.54, 1.807) is 29.7 Å². The number of carboxylic acids is 1. The van der Waals surface area contributed by atoms with E-state index in [1.807, 2.05) is 24.4 Å². The maximum Gasteiger partial charge on any atom is 0.335 e. The fraction of sp³-hybridized carbons (Fsp3) is 0.0667. The molecule has 4 nitrogen and oxygen atoms in total. The smallest absolute Gasteiger partial charge is 0.335 e. The van der Waals surface area contributed by atoms with Crippen LogP contribution in [-0.2, 0) is 0 Å². The number of thiophene rings is 1. The molecule has 0 aliphatic rings. The number of nitrogens with zero attached hydrogens (tertiary/aromatic N) is 1. The molecule has 0 saturated carbocycles. The lowest BCUT2D eigenvalue weighted by Gasteiger charge is -2.09. The van der Waals surface area contributed by atoms with Crippen molar-refractivity contribution in [2.75, 3.05) is 0 Å². The third-order valence-electron chi connectivity index (χ3n) is 2.97. The van der Waals surface area contributed by atoms with Gasteiger partial charge < -0.3 is 9.84 Å². The van der Waals surface area contributed by atoms with Gasteiger partial charge in [0.2, 0.25) is 5.88 Å². The quantitative estimate of drug-likeness (QED) is 0.787. The Morgan fingerprint density at radius 1 is 1.30 bits per heavy atom. The van der Waals surface area contributed by atoms with Crippen molar-refractivity contribution < 1.29 is 14.6 Å². The predicted molar refractivity (Wildman–Crippen MR) is 77.8 cm³/mol. The van der Waals surface area contributed by atoms with E-state index in [0.717, 1.165) is 15.6 Å². The molecule has 0 radical (unpaired) electrons. The van der Waals surface area contributed by atoms with Crippen molar-refractivity contribution in [1.82, 2.24) is 4.98 Å². The fourth-order valence-corrected chi connectivity index (χ4v) is 2.72. The van der Waals surface area contributed by atoms with E-state index in [9.17, 15) is 4.79 Å². The lowest BCUT2D eigenvalue weighted by Crippen LogP contribution is -1.98. The first-order chi connectivity index (χ1) is 9.65.